The van der Waals surface area contributed by atoms with Gasteiger partial charge in [0.1, 0.15) is 0 Å². The van der Waals surface area contributed by atoms with Crippen LogP contribution in [0.25, 0.3) is 89.5 Å². The van der Waals surface area contributed by atoms with Crippen LogP contribution in [0.15, 0.2) is 309 Å². The van der Waals surface area contributed by atoms with Gasteiger partial charge in [-0.05, 0) is 180 Å². The number of pyridine rings is 4. The first-order valence-corrected chi connectivity index (χ1v) is 33.8. The Morgan fingerprint density at radius 2 is 0.587 bits per heavy atom. The Balaban J connectivity index is 0.000000644. The van der Waals surface area contributed by atoms with E-state index in [1.54, 1.807) is 0 Å². The van der Waals surface area contributed by atoms with Crippen molar-refractivity contribution in [3.8, 4) is 89.5 Å². The summed E-state index contributed by atoms with van der Waals surface area (Å²) in [6.07, 6.45) is 12.1. The van der Waals surface area contributed by atoms with Crippen LogP contribution >= 0.6 is 0 Å². The molecule has 0 spiro atoms. The molecule has 0 amide bonds. The van der Waals surface area contributed by atoms with Gasteiger partial charge in [0.2, 0.25) is 0 Å². The number of nitrogens with zero attached hydrogens (tertiary/aromatic N) is 4. The van der Waals surface area contributed by atoms with Gasteiger partial charge in [0.25, 0.3) is 0 Å². The van der Waals surface area contributed by atoms with E-state index in [4.69, 9.17) is 20.4 Å². The number of aliphatic hydroxyl groups excluding tert-OH is 4. The van der Waals surface area contributed by atoms with Crippen LogP contribution in [0.3, 0.4) is 0 Å². The van der Waals surface area contributed by atoms with Gasteiger partial charge in [0.15, 0.2) is 23.1 Å². The Morgan fingerprint density at radius 3 is 0.936 bits per heavy atom. The summed E-state index contributed by atoms with van der Waals surface area (Å²) in [7, 11) is 0. The van der Waals surface area contributed by atoms with Crippen molar-refractivity contribution in [2.45, 2.75) is 90.0 Å². The number of carbonyl (C=O) groups is 4. The Bertz CT molecular complexity index is 4630. The maximum Gasteiger partial charge on any atom is 0.155 e. The molecule has 0 fully saturated rings. The van der Waals surface area contributed by atoms with Crippen LogP contribution < -0.4 is 0 Å². The molecule has 16 heteroatoms. The van der Waals surface area contributed by atoms with Crippen LogP contribution in [-0.2, 0) is 99.6 Å². The van der Waals surface area contributed by atoms with Crippen molar-refractivity contribution < 1.29 is 120 Å². The Morgan fingerprint density at radius 1 is 0.275 bits per heavy atom. The van der Waals surface area contributed by atoms with Crippen molar-refractivity contribution in [2.24, 2.45) is 0 Å². The quantitative estimate of drug-likeness (QED) is 0.0513. The van der Waals surface area contributed by atoms with Gasteiger partial charge in [-0.3, -0.25) is 19.2 Å². The molecule has 4 heterocycles. The molecule has 0 atom stereocenters. The van der Waals surface area contributed by atoms with E-state index in [1.165, 1.54) is 152 Å². The van der Waals surface area contributed by atoms with E-state index in [0.29, 0.717) is 0 Å². The summed E-state index contributed by atoms with van der Waals surface area (Å²) in [6.45, 7) is 21.9. The normalized spacial score (nSPS) is 10.3. The zero-order chi connectivity index (χ0) is 76.6. The second kappa shape index (κ2) is 52.8. The van der Waals surface area contributed by atoms with Crippen LogP contribution in [0.5, 0.6) is 0 Å². The van der Waals surface area contributed by atoms with Crippen LogP contribution in [0, 0.1) is 58.9 Å². The van der Waals surface area contributed by atoms with E-state index >= 15 is 0 Å². The predicted molar refractivity (Wildman–Crippen MR) is 428 cm³/mol. The fourth-order valence-corrected chi connectivity index (χ4v) is 9.92. The molecule has 8 aromatic carbocycles. The third kappa shape index (κ3) is 38.4. The van der Waals surface area contributed by atoms with Crippen molar-refractivity contribution in [1.29, 1.82) is 0 Å². The summed E-state index contributed by atoms with van der Waals surface area (Å²) in [6, 6.07) is 93.3. The molecule has 0 unspecified atom stereocenters. The second-order valence-electron chi connectivity index (χ2n) is 24.3. The van der Waals surface area contributed by atoms with E-state index < -0.39 is 0 Å². The van der Waals surface area contributed by atoms with Crippen LogP contribution in [0.1, 0.15) is 83.2 Å². The number of benzene rings is 8. The number of allylic oxidation sites excluding steroid dienone is 8. The van der Waals surface area contributed by atoms with Gasteiger partial charge >= 0.3 is 0 Å². The number of aliphatic hydroxyl groups is 4. The second-order valence-corrected chi connectivity index (χ2v) is 24.3. The number of carbonyl (C=O) groups excluding carboxylic acids is 4. The SMILES string of the molecule is CC(=O)C=C(C)O.CC(=O)C=C(C)O.CC(=O)C=C(C)O.CC(=O)C=C(C)O.Cc1cc[c-]c(-c2cc(-c3ccccc3)ccn2)c1.Cc1ccc(-c2ccnc(-c3[c-]cccc3)c2)c(C)c1.Cc1ccc(-c2ccnc(-c3[c-]cccc3)c2)cc1.Cc1cccc(-c2ccnc(-c3[c-]cccc3)c2)c1.[Ir].[Ir].[Ir].[Ir]. The Labute approximate surface area is 697 Å². The summed E-state index contributed by atoms with van der Waals surface area (Å²) in [5.41, 5.74) is 23.9. The minimum atomic E-state index is -0.125. The van der Waals surface area contributed by atoms with Crippen LogP contribution in [0.4, 0.5) is 0 Å². The van der Waals surface area contributed by atoms with Crippen molar-refractivity contribution in [1.82, 2.24) is 19.9 Å². The first-order valence-electron chi connectivity index (χ1n) is 33.8. The molecule has 0 aliphatic rings. The number of aromatic nitrogens is 4. The maximum atomic E-state index is 10.0. The van der Waals surface area contributed by atoms with Crippen molar-refractivity contribution >= 4 is 23.1 Å². The molecular weight excluding hydrogens is 2070 g/mol. The minimum Gasteiger partial charge on any atom is -0.512 e. The van der Waals surface area contributed by atoms with Crippen LogP contribution in [0.2, 0.25) is 0 Å². The molecule has 4 aromatic heterocycles. The molecule has 0 aliphatic heterocycles. The monoisotopic (exact) mass is 2160 g/mol. The number of hydrogen-bond acceptors (Lipinski definition) is 12. The summed E-state index contributed by atoms with van der Waals surface area (Å²) in [5, 5.41) is 33.5. The zero-order valence-corrected chi connectivity index (χ0v) is 72.8. The molecule has 109 heavy (non-hydrogen) atoms. The Kier molecular flexibility index (Phi) is 46.9. The number of aryl methyl sites for hydroxylation is 5. The van der Waals surface area contributed by atoms with Crippen molar-refractivity contribution in [3.05, 3.63) is 361 Å². The summed E-state index contributed by atoms with van der Waals surface area (Å²) in [5.74, 6) is -0.250. The predicted octanol–water partition coefficient (Wildman–Crippen LogP) is 22.5. The minimum absolute atomic E-state index is 0. The molecule has 4 N–H and O–H groups in total. The summed E-state index contributed by atoms with van der Waals surface area (Å²) < 4.78 is 0. The number of hydrogen-bond donors (Lipinski definition) is 4. The van der Waals surface area contributed by atoms with Gasteiger partial charge < -0.3 is 40.4 Å². The van der Waals surface area contributed by atoms with Gasteiger partial charge in [-0.1, -0.05) is 145 Å². The first kappa shape index (κ1) is 96.8. The number of rotatable bonds is 12. The average Bonchev–Trinajstić information content (AvgIpc) is 0.853. The standard InChI is InChI=1S/C19H16N.3C18H14N.4C5H8O2.4Ir/c1-14-8-9-18(15(2)12-14)17-10-11-20-19(13-17)16-6-4-3-5-7-16;1-14-6-5-9-17(12-14)18-13-16(10-11-19-18)15-7-3-2-4-8-15;1-14-6-5-9-16(12-14)17-10-11-19-18(13-17)15-7-3-2-4-8-15;1-14-7-9-15(10-8-14)17-11-12-19-18(13-17)16-5-3-2-4-6-16;4*1-4(6)3-5(2)7;;;;/h3-6,8-13H,1-2H3;2-8,10-13H,1H3;2-7,9-13H,1H3;2-5,7-13H,1H3;4*3,6H,1-2H3;;;;/q4*-1;;;;;;;;. The molecule has 0 saturated heterocycles. The average molecular weight is 2160 g/mol. The van der Waals surface area contributed by atoms with Crippen molar-refractivity contribution in [3.63, 3.8) is 0 Å². The van der Waals surface area contributed by atoms with E-state index in [2.05, 4.69) is 194 Å². The molecule has 570 valence electrons. The maximum absolute atomic E-state index is 10.0. The molecule has 12 nitrogen and oxygen atoms in total. The van der Waals surface area contributed by atoms with Gasteiger partial charge in [-0.2, -0.15) is 0 Å². The van der Waals surface area contributed by atoms with E-state index in [1.807, 2.05) is 146 Å². The smallest absolute Gasteiger partial charge is 0.155 e. The van der Waals surface area contributed by atoms with Gasteiger partial charge in [-0.15, -0.1) is 143 Å². The van der Waals surface area contributed by atoms with Gasteiger partial charge in [0, 0.05) is 130 Å². The van der Waals surface area contributed by atoms with E-state index in [0.717, 1.165) is 45.0 Å². The van der Waals surface area contributed by atoms with E-state index in [-0.39, 0.29) is 127 Å². The molecule has 12 rings (SSSR count). The summed E-state index contributed by atoms with van der Waals surface area (Å²) in [4.78, 5) is 57.8. The largest absolute Gasteiger partial charge is 0.512 e. The van der Waals surface area contributed by atoms with Gasteiger partial charge in [0.05, 0.1) is 23.0 Å². The molecular formula is C93H90Ir4N4O8-4. The third-order valence-electron chi connectivity index (χ3n) is 14.4. The molecule has 0 saturated carbocycles. The van der Waals surface area contributed by atoms with Gasteiger partial charge in [-0.25, -0.2) is 0 Å². The molecule has 12 aromatic rings. The topological polar surface area (TPSA) is 201 Å². The molecule has 0 bridgehead atoms. The molecule has 4 radical (unpaired) electrons. The first-order chi connectivity index (χ1) is 50.2. The third-order valence-corrected chi connectivity index (χ3v) is 14.4. The number of ketones is 4. The zero-order valence-electron chi connectivity index (χ0n) is 63.2. The van der Waals surface area contributed by atoms with E-state index in [9.17, 15) is 19.2 Å². The van der Waals surface area contributed by atoms with Crippen LogP contribution in [-0.4, -0.2) is 63.5 Å². The summed E-state index contributed by atoms with van der Waals surface area (Å²) >= 11 is 0. The van der Waals surface area contributed by atoms with Crippen molar-refractivity contribution in [2.75, 3.05) is 0 Å². The molecule has 0 aliphatic carbocycles. The fraction of sp³-hybridized carbons (Fsp3) is 0.140. The Hall–Kier alpha value is -10.2. The fourth-order valence-electron chi connectivity index (χ4n) is 9.92.